The SMILES string of the molecule is COCCNC(=O)CN1CCO[C@@H](c2c(C(=O)N3CCOCC3)sc3ncccc23)C1. The van der Waals surface area contributed by atoms with Crippen LogP contribution in [0.3, 0.4) is 0 Å². The number of methoxy groups -OCH3 is 1. The molecule has 10 heteroatoms. The van der Waals surface area contributed by atoms with E-state index in [1.807, 2.05) is 17.0 Å². The summed E-state index contributed by atoms with van der Waals surface area (Å²) in [6.45, 7) is 5.24. The van der Waals surface area contributed by atoms with E-state index in [9.17, 15) is 9.59 Å². The zero-order valence-corrected chi connectivity index (χ0v) is 18.5. The van der Waals surface area contributed by atoms with Gasteiger partial charge in [0.15, 0.2) is 0 Å². The van der Waals surface area contributed by atoms with Crippen LogP contribution in [-0.2, 0) is 19.0 Å². The first-order valence-corrected chi connectivity index (χ1v) is 11.3. The average molecular weight is 449 g/mol. The fraction of sp³-hybridized carbons (Fsp3) is 0.571. The number of carbonyl (C=O) groups excluding carboxylic acids is 2. The van der Waals surface area contributed by atoms with Crippen LogP contribution in [0.25, 0.3) is 10.2 Å². The molecule has 0 saturated carbocycles. The Hall–Kier alpha value is -2.11. The van der Waals surface area contributed by atoms with E-state index in [0.717, 1.165) is 15.8 Å². The summed E-state index contributed by atoms with van der Waals surface area (Å²) in [5.74, 6) is -0.0431. The van der Waals surface area contributed by atoms with Crippen LogP contribution in [0.15, 0.2) is 18.3 Å². The predicted molar refractivity (Wildman–Crippen MR) is 116 cm³/mol. The van der Waals surface area contributed by atoms with Gasteiger partial charge in [0.25, 0.3) is 5.91 Å². The number of nitrogens with zero attached hydrogens (tertiary/aromatic N) is 3. The van der Waals surface area contributed by atoms with E-state index in [0.29, 0.717) is 64.0 Å². The smallest absolute Gasteiger partial charge is 0.264 e. The molecule has 4 heterocycles. The molecule has 0 radical (unpaired) electrons. The van der Waals surface area contributed by atoms with Crippen LogP contribution in [-0.4, -0.2) is 99.4 Å². The van der Waals surface area contributed by atoms with Gasteiger partial charge in [-0.25, -0.2) is 4.98 Å². The standard InChI is InChI=1S/C21H28N4O5S/c1-28-9-5-22-17(26)14-24-6-12-30-16(13-24)18-15-3-2-4-23-20(15)31-19(18)21(27)25-7-10-29-11-8-25/h2-4,16H,5-14H2,1H3,(H,22,26)/t16-/m1/s1. The molecule has 2 amide bonds. The highest BCUT2D eigenvalue weighted by atomic mass is 32.1. The Labute approximate surface area is 185 Å². The molecule has 2 saturated heterocycles. The number of rotatable bonds is 7. The van der Waals surface area contributed by atoms with Crippen molar-refractivity contribution in [2.75, 3.05) is 72.8 Å². The number of ether oxygens (including phenoxy) is 3. The third-order valence-corrected chi connectivity index (χ3v) is 6.58. The molecular weight excluding hydrogens is 420 g/mol. The number of fused-ring (bicyclic) bond motifs is 1. The van der Waals surface area contributed by atoms with Crippen molar-refractivity contribution >= 4 is 33.4 Å². The summed E-state index contributed by atoms with van der Waals surface area (Å²) in [5.41, 5.74) is 0.883. The summed E-state index contributed by atoms with van der Waals surface area (Å²) >= 11 is 1.41. The van der Waals surface area contributed by atoms with Crippen LogP contribution in [0.4, 0.5) is 0 Å². The lowest BCUT2D eigenvalue weighted by atomic mass is 10.0. The largest absolute Gasteiger partial charge is 0.383 e. The van der Waals surface area contributed by atoms with Crippen LogP contribution in [0, 0.1) is 0 Å². The molecule has 0 spiro atoms. The highest BCUT2D eigenvalue weighted by Crippen LogP contribution is 2.38. The number of hydrogen-bond acceptors (Lipinski definition) is 8. The van der Waals surface area contributed by atoms with Crippen LogP contribution >= 0.6 is 11.3 Å². The fourth-order valence-corrected chi connectivity index (χ4v) is 5.07. The van der Waals surface area contributed by atoms with Crippen LogP contribution in [0.5, 0.6) is 0 Å². The van der Waals surface area contributed by atoms with Gasteiger partial charge in [0.1, 0.15) is 9.71 Å². The third kappa shape index (κ3) is 5.21. The molecule has 1 N–H and O–H groups in total. The Balaban J connectivity index is 1.54. The minimum absolute atomic E-state index is 0.000618. The van der Waals surface area contributed by atoms with Crippen LogP contribution < -0.4 is 5.32 Å². The quantitative estimate of drug-likeness (QED) is 0.629. The van der Waals surface area contributed by atoms with E-state index < -0.39 is 0 Å². The van der Waals surface area contributed by atoms with E-state index in [4.69, 9.17) is 14.2 Å². The molecule has 168 valence electrons. The summed E-state index contributed by atoms with van der Waals surface area (Å²) in [6.07, 6.45) is 1.45. The molecule has 2 aliphatic rings. The van der Waals surface area contributed by atoms with Crippen molar-refractivity contribution in [2.24, 2.45) is 0 Å². The number of amides is 2. The second-order valence-electron chi connectivity index (χ2n) is 7.54. The van der Waals surface area contributed by atoms with Crippen molar-refractivity contribution in [3.8, 4) is 0 Å². The number of morpholine rings is 2. The lowest BCUT2D eigenvalue weighted by molar-refractivity contribution is -0.124. The molecule has 2 aromatic rings. The molecule has 2 aliphatic heterocycles. The minimum Gasteiger partial charge on any atom is -0.383 e. The molecule has 9 nitrogen and oxygen atoms in total. The highest BCUT2D eigenvalue weighted by molar-refractivity contribution is 7.20. The average Bonchev–Trinajstić information content (AvgIpc) is 3.19. The fourth-order valence-electron chi connectivity index (χ4n) is 3.91. The molecule has 0 aromatic carbocycles. The molecule has 4 rings (SSSR count). The lowest BCUT2D eigenvalue weighted by Gasteiger charge is -2.33. The topological polar surface area (TPSA) is 93.2 Å². The van der Waals surface area contributed by atoms with Gasteiger partial charge in [0, 0.05) is 57.0 Å². The highest BCUT2D eigenvalue weighted by Gasteiger charge is 2.32. The molecule has 2 aromatic heterocycles. The summed E-state index contributed by atoms with van der Waals surface area (Å²) < 4.78 is 16.5. The van der Waals surface area contributed by atoms with Gasteiger partial charge >= 0.3 is 0 Å². The lowest BCUT2D eigenvalue weighted by Crippen LogP contribution is -2.45. The number of carbonyl (C=O) groups is 2. The summed E-state index contributed by atoms with van der Waals surface area (Å²) in [6, 6.07) is 3.87. The van der Waals surface area contributed by atoms with Crippen molar-refractivity contribution in [1.82, 2.24) is 20.1 Å². The van der Waals surface area contributed by atoms with Crippen molar-refractivity contribution < 1.29 is 23.8 Å². The summed E-state index contributed by atoms with van der Waals surface area (Å²) in [7, 11) is 1.61. The van der Waals surface area contributed by atoms with Gasteiger partial charge in [0.2, 0.25) is 5.91 Å². The Morgan fingerprint density at radius 1 is 1.29 bits per heavy atom. The van der Waals surface area contributed by atoms with Crippen molar-refractivity contribution in [2.45, 2.75) is 6.10 Å². The van der Waals surface area contributed by atoms with E-state index in [1.165, 1.54) is 11.3 Å². The first-order valence-electron chi connectivity index (χ1n) is 10.5. The monoisotopic (exact) mass is 448 g/mol. The Kier molecular flexibility index (Phi) is 7.46. The molecule has 0 aliphatic carbocycles. The molecule has 31 heavy (non-hydrogen) atoms. The van der Waals surface area contributed by atoms with Gasteiger partial charge < -0.3 is 24.4 Å². The maximum Gasteiger partial charge on any atom is 0.264 e. The number of pyridine rings is 1. The van der Waals surface area contributed by atoms with Gasteiger partial charge in [-0.2, -0.15) is 0 Å². The second-order valence-corrected chi connectivity index (χ2v) is 8.54. The Morgan fingerprint density at radius 3 is 2.94 bits per heavy atom. The van der Waals surface area contributed by atoms with Crippen LogP contribution in [0.2, 0.25) is 0 Å². The zero-order chi connectivity index (χ0) is 21.6. The molecule has 2 fully saturated rings. The zero-order valence-electron chi connectivity index (χ0n) is 17.7. The first kappa shape index (κ1) is 22.1. The Morgan fingerprint density at radius 2 is 2.13 bits per heavy atom. The van der Waals surface area contributed by atoms with Gasteiger partial charge in [0.05, 0.1) is 39.1 Å². The maximum absolute atomic E-state index is 13.3. The first-order chi connectivity index (χ1) is 15.2. The van der Waals surface area contributed by atoms with Gasteiger partial charge in [-0.3, -0.25) is 14.5 Å². The van der Waals surface area contributed by atoms with E-state index in [2.05, 4.69) is 15.2 Å². The summed E-state index contributed by atoms with van der Waals surface area (Å²) in [5, 5.41) is 3.80. The van der Waals surface area contributed by atoms with Crippen molar-refractivity contribution in [1.29, 1.82) is 0 Å². The molecule has 0 unspecified atom stereocenters. The van der Waals surface area contributed by atoms with Gasteiger partial charge in [-0.1, -0.05) is 6.07 Å². The van der Waals surface area contributed by atoms with E-state index in [1.54, 1.807) is 13.3 Å². The minimum atomic E-state index is -0.293. The number of thiophene rings is 1. The number of hydrogen-bond donors (Lipinski definition) is 1. The van der Waals surface area contributed by atoms with Gasteiger partial charge in [-0.15, -0.1) is 11.3 Å². The van der Waals surface area contributed by atoms with Gasteiger partial charge in [-0.05, 0) is 6.07 Å². The van der Waals surface area contributed by atoms with Crippen molar-refractivity contribution in [3.63, 3.8) is 0 Å². The second kappa shape index (κ2) is 10.5. The molecule has 0 bridgehead atoms. The van der Waals surface area contributed by atoms with E-state index in [-0.39, 0.29) is 24.5 Å². The predicted octanol–water partition coefficient (Wildman–Crippen LogP) is 0.905. The molecule has 1 atom stereocenters. The number of aromatic nitrogens is 1. The van der Waals surface area contributed by atoms with Crippen molar-refractivity contribution in [3.05, 3.63) is 28.8 Å². The normalized spacial score (nSPS) is 20.2. The number of nitrogens with one attached hydrogen (secondary N) is 1. The summed E-state index contributed by atoms with van der Waals surface area (Å²) in [4.78, 5) is 35.5. The van der Waals surface area contributed by atoms with Crippen LogP contribution in [0.1, 0.15) is 21.3 Å². The molecular formula is C21H28N4O5S. The Bertz CT molecular complexity index is 914. The third-order valence-electron chi connectivity index (χ3n) is 5.47. The van der Waals surface area contributed by atoms with E-state index >= 15 is 0 Å². The maximum atomic E-state index is 13.3.